The third kappa shape index (κ3) is 5.06. The van der Waals surface area contributed by atoms with E-state index in [-0.39, 0.29) is 24.3 Å². The van der Waals surface area contributed by atoms with Crippen LogP contribution in [-0.2, 0) is 14.4 Å². The average molecular weight is 424 g/mol. The summed E-state index contributed by atoms with van der Waals surface area (Å²) in [5.41, 5.74) is 1.11. The minimum Gasteiger partial charge on any atom is -0.345 e. The van der Waals surface area contributed by atoms with Crippen LogP contribution in [0.2, 0.25) is 0 Å². The number of carbonyl (C=O) groups excluding carboxylic acids is 3. The first-order chi connectivity index (χ1) is 12.1. The maximum atomic E-state index is 12.5. The molecule has 1 atom stereocenters. The molecule has 0 bridgehead atoms. The molecular formula is C19H26BrN3O3. The summed E-state index contributed by atoms with van der Waals surface area (Å²) >= 11 is 3.38. The molecule has 1 aliphatic heterocycles. The first kappa shape index (κ1) is 20.4. The van der Waals surface area contributed by atoms with Gasteiger partial charge in [0.25, 0.3) is 0 Å². The fraction of sp³-hybridized carbons (Fsp3) is 0.526. The number of anilines is 1. The van der Waals surface area contributed by atoms with Gasteiger partial charge >= 0.3 is 0 Å². The van der Waals surface area contributed by atoms with Crippen molar-refractivity contribution in [2.24, 2.45) is 5.41 Å². The van der Waals surface area contributed by atoms with Gasteiger partial charge in [-0.15, -0.1) is 0 Å². The number of benzene rings is 1. The van der Waals surface area contributed by atoms with E-state index in [1.807, 2.05) is 39.8 Å². The summed E-state index contributed by atoms with van der Waals surface area (Å²) in [7, 11) is 0. The SMILES string of the molecule is Cc1cc(Br)ccc1NC(=O)CNC(=O)C1CCCN1C(=O)C(C)(C)C. The van der Waals surface area contributed by atoms with Crippen LogP contribution in [0.5, 0.6) is 0 Å². The van der Waals surface area contributed by atoms with Crippen LogP contribution < -0.4 is 10.6 Å². The molecule has 6 nitrogen and oxygen atoms in total. The molecule has 7 heteroatoms. The first-order valence-electron chi connectivity index (χ1n) is 8.74. The lowest BCUT2D eigenvalue weighted by atomic mass is 9.94. The van der Waals surface area contributed by atoms with Gasteiger partial charge in [-0.05, 0) is 43.5 Å². The van der Waals surface area contributed by atoms with Crippen molar-refractivity contribution in [3.63, 3.8) is 0 Å². The third-order valence-corrected chi connectivity index (χ3v) is 4.84. The van der Waals surface area contributed by atoms with Crippen molar-refractivity contribution in [1.82, 2.24) is 10.2 Å². The highest BCUT2D eigenvalue weighted by Crippen LogP contribution is 2.25. The van der Waals surface area contributed by atoms with Gasteiger partial charge in [0.05, 0.1) is 6.54 Å². The van der Waals surface area contributed by atoms with Crippen LogP contribution in [0.4, 0.5) is 5.69 Å². The van der Waals surface area contributed by atoms with Gasteiger partial charge in [-0.1, -0.05) is 36.7 Å². The molecule has 1 fully saturated rings. The Labute approximate surface area is 162 Å². The topological polar surface area (TPSA) is 78.5 Å². The van der Waals surface area contributed by atoms with Crippen molar-refractivity contribution in [1.29, 1.82) is 0 Å². The van der Waals surface area contributed by atoms with E-state index < -0.39 is 11.5 Å². The lowest BCUT2D eigenvalue weighted by Crippen LogP contribution is -2.50. The number of aryl methyl sites for hydroxylation is 1. The van der Waals surface area contributed by atoms with E-state index in [9.17, 15) is 14.4 Å². The molecule has 0 aliphatic carbocycles. The van der Waals surface area contributed by atoms with Gasteiger partial charge in [0.1, 0.15) is 6.04 Å². The lowest BCUT2D eigenvalue weighted by Gasteiger charge is -2.30. The monoisotopic (exact) mass is 423 g/mol. The molecule has 142 valence electrons. The molecule has 3 amide bonds. The Morgan fingerprint density at radius 3 is 2.58 bits per heavy atom. The summed E-state index contributed by atoms with van der Waals surface area (Å²) in [6.45, 7) is 7.89. The quantitative estimate of drug-likeness (QED) is 0.781. The molecule has 0 saturated carbocycles. The number of carbonyl (C=O) groups is 3. The van der Waals surface area contributed by atoms with E-state index in [1.165, 1.54) is 0 Å². The van der Waals surface area contributed by atoms with E-state index in [0.717, 1.165) is 16.5 Å². The second kappa shape index (κ2) is 8.20. The molecule has 1 unspecified atom stereocenters. The van der Waals surface area contributed by atoms with Crippen LogP contribution in [0.25, 0.3) is 0 Å². The van der Waals surface area contributed by atoms with Crippen LogP contribution in [0.1, 0.15) is 39.2 Å². The van der Waals surface area contributed by atoms with E-state index in [0.29, 0.717) is 18.7 Å². The Morgan fingerprint density at radius 1 is 1.27 bits per heavy atom. The van der Waals surface area contributed by atoms with Crippen molar-refractivity contribution in [2.75, 3.05) is 18.4 Å². The Morgan fingerprint density at radius 2 is 1.96 bits per heavy atom. The number of amides is 3. The van der Waals surface area contributed by atoms with Gasteiger partial charge in [0.15, 0.2) is 0 Å². The third-order valence-electron chi connectivity index (χ3n) is 4.34. The number of hydrogen-bond donors (Lipinski definition) is 2. The van der Waals surface area contributed by atoms with Crippen molar-refractivity contribution < 1.29 is 14.4 Å². The molecule has 1 aromatic carbocycles. The van der Waals surface area contributed by atoms with Gasteiger partial charge in [0, 0.05) is 22.1 Å². The lowest BCUT2D eigenvalue weighted by molar-refractivity contribution is -0.144. The fourth-order valence-electron chi connectivity index (χ4n) is 2.96. The van der Waals surface area contributed by atoms with Crippen LogP contribution in [0, 0.1) is 12.3 Å². The predicted octanol–water partition coefficient (Wildman–Crippen LogP) is 2.85. The molecule has 2 N–H and O–H groups in total. The van der Waals surface area contributed by atoms with Gasteiger partial charge in [0.2, 0.25) is 17.7 Å². The minimum absolute atomic E-state index is 0.0370. The smallest absolute Gasteiger partial charge is 0.243 e. The Bertz CT molecular complexity index is 712. The number of rotatable bonds is 4. The normalized spacial score (nSPS) is 17.1. The molecule has 26 heavy (non-hydrogen) atoms. The van der Waals surface area contributed by atoms with Gasteiger partial charge in [-0.2, -0.15) is 0 Å². The summed E-state index contributed by atoms with van der Waals surface area (Å²) in [5, 5.41) is 5.44. The molecule has 1 aromatic rings. The maximum Gasteiger partial charge on any atom is 0.243 e. The van der Waals surface area contributed by atoms with E-state index in [2.05, 4.69) is 26.6 Å². The summed E-state index contributed by atoms with van der Waals surface area (Å²) in [6.07, 6.45) is 1.42. The second-order valence-electron chi connectivity index (χ2n) is 7.63. The Kier molecular flexibility index (Phi) is 6.44. The van der Waals surface area contributed by atoms with Crippen LogP contribution in [-0.4, -0.2) is 41.8 Å². The zero-order valence-electron chi connectivity index (χ0n) is 15.7. The van der Waals surface area contributed by atoms with Crippen LogP contribution in [0.15, 0.2) is 22.7 Å². The van der Waals surface area contributed by atoms with E-state index >= 15 is 0 Å². The highest BCUT2D eigenvalue weighted by molar-refractivity contribution is 9.10. The van der Waals surface area contributed by atoms with Crippen molar-refractivity contribution in [2.45, 2.75) is 46.6 Å². The zero-order valence-corrected chi connectivity index (χ0v) is 17.3. The molecule has 2 rings (SSSR count). The number of hydrogen-bond acceptors (Lipinski definition) is 3. The summed E-state index contributed by atoms with van der Waals surface area (Å²) in [4.78, 5) is 38.7. The molecule has 1 aliphatic rings. The average Bonchev–Trinajstić information content (AvgIpc) is 3.03. The molecule has 0 radical (unpaired) electrons. The molecule has 1 heterocycles. The Hall–Kier alpha value is -1.89. The van der Waals surface area contributed by atoms with Crippen LogP contribution in [0.3, 0.4) is 0 Å². The predicted molar refractivity (Wildman–Crippen MR) is 105 cm³/mol. The van der Waals surface area contributed by atoms with Crippen molar-refractivity contribution in [3.8, 4) is 0 Å². The Balaban J connectivity index is 1.91. The van der Waals surface area contributed by atoms with Crippen LogP contribution >= 0.6 is 15.9 Å². The first-order valence-corrected chi connectivity index (χ1v) is 9.53. The molecule has 0 spiro atoms. The maximum absolute atomic E-state index is 12.5. The zero-order chi connectivity index (χ0) is 19.5. The molecule has 1 saturated heterocycles. The highest BCUT2D eigenvalue weighted by Gasteiger charge is 2.38. The van der Waals surface area contributed by atoms with Gasteiger partial charge in [-0.3, -0.25) is 14.4 Å². The van der Waals surface area contributed by atoms with Gasteiger partial charge in [-0.25, -0.2) is 0 Å². The number of likely N-dealkylation sites (tertiary alicyclic amines) is 1. The summed E-state index contributed by atoms with van der Waals surface area (Å²) in [6, 6.07) is 5.06. The van der Waals surface area contributed by atoms with E-state index in [1.54, 1.807) is 11.0 Å². The number of halogens is 1. The fourth-order valence-corrected chi connectivity index (χ4v) is 3.44. The summed E-state index contributed by atoms with van der Waals surface area (Å²) < 4.78 is 0.936. The van der Waals surface area contributed by atoms with Gasteiger partial charge < -0.3 is 15.5 Å². The largest absolute Gasteiger partial charge is 0.345 e. The molecule has 0 aromatic heterocycles. The van der Waals surface area contributed by atoms with Crippen molar-refractivity contribution >= 4 is 39.3 Å². The number of nitrogens with zero attached hydrogens (tertiary/aromatic N) is 1. The number of nitrogens with one attached hydrogen (secondary N) is 2. The summed E-state index contributed by atoms with van der Waals surface area (Å²) in [5.74, 6) is -0.608. The minimum atomic E-state index is -0.528. The second-order valence-corrected chi connectivity index (χ2v) is 8.55. The van der Waals surface area contributed by atoms with Crippen molar-refractivity contribution in [3.05, 3.63) is 28.2 Å². The highest BCUT2D eigenvalue weighted by atomic mass is 79.9. The van der Waals surface area contributed by atoms with E-state index in [4.69, 9.17) is 0 Å². The molecular weight excluding hydrogens is 398 g/mol. The standard InChI is InChI=1S/C19H26BrN3O3/c1-12-10-13(20)7-8-14(12)22-16(24)11-21-17(25)15-6-5-9-23(15)18(26)19(2,3)4/h7-8,10,15H,5-6,9,11H2,1-4H3,(H,21,25)(H,22,24).